The van der Waals surface area contributed by atoms with E-state index in [1.165, 1.54) is 19.1 Å². The molecule has 6 nitrogen and oxygen atoms in total. The Hall–Kier alpha value is -1.98. The fraction of sp³-hybridized carbons (Fsp3) is 0.273. The van der Waals surface area contributed by atoms with Crippen LogP contribution in [-0.2, 0) is 19.4 Å². The molecular formula is C11H12N2O4S. The van der Waals surface area contributed by atoms with Crippen molar-refractivity contribution in [2.45, 2.75) is 18.7 Å². The Morgan fingerprint density at radius 2 is 1.89 bits per heavy atom. The van der Waals surface area contributed by atoms with Crippen molar-refractivity contribution in [3.05, 3.63) is 35.4 Å². The number of aryl methyl sites for hydroxylation is 1. The van der Waals surface area contributed by atoms with Gasteiger partial charge in [0.15, 0.2) is 0 Å². The van der Waals surface area contributed by atoms with Gasteiger partial charge in [0.1, 0.15) is 0 Å². The van der Waals surface area contributed by atoms with E-state index in [2.05, 4.69) is 9.53 Å². The molecule has 7 heteroatoms. The number of sulfone groups is 1. The van der Waals surface area contributed by atoms with Gasteiger partial charge in [-0.05, 0) is 26.0 Å². The van der Waals surface area contributed by atoms with Crippen LogP contribution in [0.2, 0.25) is 0 Å². The molecular weight excluding hydrogens is 256 g/mol. The van der Waals surface area contributed by atoms with E-state index in [4.69, 9.17) is 5.53 Å². The van der Waals surface area contributed by atoms with Gasteiger partial charge in [0, 0.05) is 0 Å². The number of benzene rings is 1. The summed E-state index contributed by atoms with van der Waals surface area (Å²) in [6, 6.07) is 5.81. The van der Waals surface area contributed by atoms with Gasteiger partial charge in [0.2, 0.25) is 0 Å². The molecule has 0 N–H and O–H groups in total. The minimum Gasteiger partial charge on any atom is -0.457 e. The van der Waals surface area contributed by atoms with Crippen LogP contribution in [0.25, 0.3) is 5.53 Å². The van der Waals surface area contributed by atoms with Crippen molar-refractivity contribution in [3.8, 4) is 0 Å². The van der Waals surface area contributed by atoms with Gasteiger partial charge in [-0.25, -0.2) is 13.2 Å². The van der Waals surface area contributed by atoms with Crippen LogP contribution >= 0.6 is 0 Å². The molecule has 18 heavy (non-hydrogen) atoms. The average Bonchev–Trinajstić information content (AvgIpc) is 2.30. The summed E-state index contributed by atoms with van der Waals surface area (Å²) in [5, 5.41) is -1.02. The fourth-order valence-corrected chi connectivity index (χ4v) is 2.33. The molecule has 1 aromatic rings. The number of nitrogens with zero attached hydrogens (tertiary/aromatic N) is 2. The molecule has 0 aliphatic heterocycles. The molecule has 0 aliphatic carbocycles. The second-order valence-electron chi connectivity index (χ2n) is 3.44. The second kappa shape index (κ2) is 5.57. The Balaban J connectivity index is 3.25. The number of rotatable bonds is 2. The van der Waals surface area contributed by atoms with E-state index >= 15 is 0 Å². The maximum absolute atomic E-state index is 12.0. The normalized spacial score (nSPS) is 10.6. The Morgan fingerprint density at radius 3 is 2.33 bits per heavy atom. The monoisotopic (exact) mass is 268 g/mol. The van der Waals surface area contributed by atoms with E-state index in [1.54, 1.807) is 19.1 Å². The highest BCUT2D eigenvalue weighted by molar-refractivity contribution is 8.08. The molecule has 0 aromatic heterocycles. The van der Waals surface area contributed by atoms with Crippen molar-refractivity contribution in [2.75, 3.05) is 6.61 Å². The van der Waals surface area contributed by atoms with E-state index in [0.717, 1.165) is 5.56 Å². The third-order valence-corrected chi connectivity index (χ3v) is 3.78. The van der Waals surface area contributed by atoms with Crippen LogP contribution < -0.4 is 0 Å². The Labute approximate surface area is 105 Å². The number of carbonyl (C=O) groups excluding carboxylic acids is 1. The number of esters is 1. The number of carbonyl (C=O) groups is 1. The van der Waals surface area contributed by atoms with Crippen molar-refractivity contribution < 1.29 is 22.7 Å². The molecule has 0 bridgehead atoms. The number of hydrogen-bond acceptors (Lipinski definition) is 4. The molecule has 0 spiro atoms. The van der Waals surface area contributed by atoms with E-state index in [1.807, 2.05) is 0 Å². The molecule has 0 unspecified atom stereocenters. The first kappa shape index (κ1) is 14.1. The Morgan fingerprint density at radius 1 is 1.33 bits per heavy atom. The zero-order chi connectivity index (χ0) is 13.8. The Bertz CT molecular complexity index is 598. The van der Waals surface area contributed by atoms with Gasteiger partial charge in [0.25, 0.3) is 9.84 Å². The SMILES string of the molecule is CCOC(=O)C(=[N+]=[N-])S(=O)(=O)c1ccc(C)cc1. The molecule has 0 amide bonds. The van der Waals surface area contributed by atoms with Crippen LogP contribution in [0.5, 0.6) is 0 Å². The molecule has 0 saturated heterocycles. The zero-order valence-electron chi connectivity index (χ0n) is 9.95. The molecule has 1 aromatic carbocycles. The number of ether oxygens (including phenoxy) is 1. The summed E-state index contributed by atoms with van der Waals surface area (Å²) >= 11 is 0. The summed E-state index contributed by atoms with van der Waals surface area (Å²) in [4.78, 5) is 13.8. The van der Waals surface area contributed by atoms with E-state index in [9.17, 15) is 13.2 Å². The molecule has 0 heterocycles. The quantitative estimate of drug-likeness (QED) is 0.262. The van der Waals surface area contributed by atoms with Crippen LogP contribution in [0, 0.1) is 6.92 Å². The highest BCUT2D eigenvalue weighted by Crippen LogP contribution is 2.13. The fourth-order valence-electron chi connectivity index (χ4n) is 1.23. The maximum atomic E-state index is 12.0. The van der Waals surface area contributed by atoms with Crippen LogP contribution in [-0.4, -0.2) is 30.8 Å². The third-order valence-electron chi connectivity index (χ3n) is 2.13. The van der Waals surface area contributed by atoms with E-state index in [0.29, 0.717) is 0 Å². The predicted molar refractivity (Wildman–Crippen MR) is 63.6 cm³/mol. The van der Waals surface area contributed by atoms with Gasteiger partial charge in [-0.15, -0.1) is 4.79 Å². The lowest BCUT2D eigenvalue weighted by atomic mass is 10.2. The highest BCUT2D eigenvalue weighted by atomic mass is 32.2. The minimum absolute atomic E-state index is 0.0126. The van der Waals surface area contributed by atoms with Crippen LogP contribution in [0.1, 0.15) is 12.5 Å². The summed E-state index contributed by atoms with van der Waals surface area (Å²) in [6.45, 7) is 3.30. The molecule has 0 aliphatic rings. The smallest absolute Gasteiger partial charge is 0.457 e. The molecule has 96 valence electrons. The standard InChI is InChI=1S/C11H12N2O4S/c1-3-17-11(14)10(13-12)18(15,16)9-6-4-8(2)5-7-9/h4-7H,3H2,1-2H3. The first-order valence-corrected chi connectivity index (χ1v) is 6.62. The van der Waals surface area contributed by atoms with E-state index < -0.39 is 20.9 Å². The zero-order valence-corrected chi connectivity index (χ0v) is 10.8. The topological polar surface area (TPSA) is 96.8 Å². The first-order chi connectivity index (χ1) is 8.43. The van der Waals surface area contributed by atoms with Gasteiger partial charge in [-0.3, -0.25) is 0 Å². The maximum Gasteiger partial charge on any atom is 0.493 e. The molecule has 0 fully saturated rings. The second-order valence-corrected chi connectivity index (χ2v) is 5.31. The van der Waals surface area contributed by atoms with E-state index in [-0.39, 0.29) is 11.5 Å². The van der Waals surface area contributed by atoms with Crippen molar-refractivity contribution in [2.24, 2.45) is 0 Å². The van der Waals surface area contributed by atoms with Gasteiger partial charge >= 0.3 is 11.0 Å². The van der Waals surface area contributed by atoms with Crippen molar-refractivity contribution in [1.82, 2.24) is 0 Å². The largest absolute Gasteiger partial charge is 0.493 e. The third kappa shape index (κ3) is 2.82. The van der Waals surface area contributed by atoms with Crippen LogP contribution in [0.3, 0.4) is 0 Å². The molecule has 0 atom stereocenters. The molecule has 0 radical (unpaired) electrons. The predicted octanol–water partition coefficient (Wildman–Crippen LogP) is 0.960. The van der Waals surface area contributed by atoms with Crippen molar-refractivity contribution in [1.29, 1.82) is 0 Å². The lowest BCUT2D eigenvalue weighted by molar-refractivity contribution is -0.138. The first-order valence-electron chi connectivity index (χ1n) is 5.14. The highest BCUT2D eigenvalue weighted by Gasteiger charge is 2.38. The lowest BCUT2D eigenvalue weighted by Crippen LogP contribution is -2.27. The summed E-state index contributed by atoms with van der Waals surface area (Å²) in [5.41, 5.74) is 9.55. The molecule has 1 rings (SSSR count). The van der Waals surface area contributed by atoms with Crippen molar-refractivity contribution in [3.63, 3.8) is 0 Å². The number of hydrogen-bond donors (Lipinski definition) is 0. The van der Waals surface area contributed by atoms with Crippen molar-refractivity contribution >= 4 is 20.9 Å². The van der Waals surface area contributed by atoms with Gasteiger partial charge in [0.05, 0.1) is 11.5 Å². The molecule has 0 saturated carbocycles. The average molecular weight is 268 g/mol. The van der Waals surface area contributed by atoms with Gasteiger partial charge in [-0.1, -0.05) is 17.7 Å². The summed E-state index contributed by atoms with van der Waals surface area (Å²) in [5.74, 6) is -1.18. The van der Waals surface area contributed by atoms with Crippen LogP contribution in [0.4, 0.5) is 0 Å². The minimum atomic E-state index is -4.16. The summed E-state index contributed by atoms with van der Waals surface area (Å²) in [7, 11) is -4.16. The lowest BCUT2D eigenvalue weighted by Gasteiger charge is -2.00. The Kier molecular flexibility index (Phi) is 4.36. The van der Waals surface area contributed by atoms with Crippen LogP contribution in [0.15, 0.2) is 29.2 Å². The van der Waals surface area contributed by atoms with Gasteiger partial charge < -0.3 is 10.3 Å². The van der Waals surface area contributed by atoms with Gasteiger partial charge in [-0.2, -0.15) is 0 Å². The summed E-state index contributed by atoms with van der Waals surface area (Å²) < 4.78 is 28.5. The summed E-state index contributed by atoms with van der Waals surface area (Å²) in [6.07, 6.45) is 0.